The number of rotatable bonds is 4. The van der Waals surface area contributed by atoms with Crippen LogP contribution >= 0.6 is 35.5 Å². The van der Waals surface area contributed by atoms with Crippen LogP contribution in [0.25, 0.3) is 10.9 Å². The number of aliphatic imine (C=N–C) groups is 1. The van der Waals surface area contributed by atoms with Crippen LogP contribution in [0.3, 0.4) is 0 Å². The monoisotopic (exact) mass is 391 g/mol. The number of hydrogen-bond acceptors (Lipinski definition) is 5. The van der Waals surface area contributed by atoms with Gasteiger partial charge in [0, 0.05) is 29.2 Å². The summed E-state index contributed by atoms with van der Waals surface area (Å²) in [6.07, 6.45) is 3.49. The summed E-state index contributed by atoms with van der Waals surface area (Å²) in [7, 11) is 0. The summed E-state index contributed by atoms with van der Waals surface area (Å²) in [5.41, 5.74) is 6.07. The Morgan fingerprint density at radius 2 is 2.12 bits per heavy atom. The van der Waals surface area contributed by atoms with E-state index in [4.69, 9.17) is 4.99 Å². The van der Waals surface area contributed by atoms with Gasteiger partial charge in [0.2, 0.25) is 0 Å². The molecule has 2 N–H and O–H groups in total. The number of allylic oxidation sites excluding steroid dienone is 1. The van der Waals surface area contributed by atoms with Crippen LogP contribution in [0.1, 0.15) is 31.5 Å². The molecule has 0 fully saturated rings. The number of thioether (sulfide) groups is 2. The lowest BCUT2D eigenvalue weighted by Gasteiger charge is -2.11. The molecule has 2 aliphatic heterocycles. The first kappa shape index (κ1) is 18.8. The van der Waals surface area contributed by atoms with E-state index >= 15 is 0 Å². The average Bonchev–Trinajstić information content (AvgIpc) is 3.31. The molecule has 2 aromatic rings. The largest absolute Gasteiger partial charge is 0.352 e. The van der Waals surface area contributed by atoms with Crippen molar-refractivity contribution in [3.8, 4) is 0 Å². The molecule has 0 unspecified atom stereocenters. The summed E-state index contributed by atoms with van der Waals surface area (Å²) in [6, 6.07) is 6.47. The topological polar surface area (TPSA) is 40.2 Å². The van der Waals surface area contributed by atoms with E-state index in [1.807, 2.05) is 37.4 Å². The molecule has 0 saturated carbocycles. The lowest BCUT2D eigenvalue weighted by atomic mass is 10.1. The normalized spacial score (nSPS) is 16.9. The third-order valence-electron chi connectivity index (χ3n) is 4.09. The molecule has 0 saturated heterocycles. The first-order valence-electron chi connectivity index (χ1n) is 8.81. The number of aromatic amines is 1. The van der Waals surface area contributed by atoms with E-state index in [0.29, 0.717) is 0 Å². The number of hydrogen-bond donors (Lipinski definition) is 2. The molecule has 1 aromatic heterocycles. The van der Waals surface area contributed by atoms with Gasteiger partial charge in [0.15, 0.2) is 0 Å². The molecule has 0 aliphatic carbocycles. The van der Waals surface area contributed by atoms with Gasteiger partial charge in [-0.05, 0) is 36.9 Å². The molecule has 134 valence electrons. The molecule has 3 nitrogen and oxygen atoms in total. The predicted octanol–water partition coefficient (Wildman–Crippen LogP) is 6.08. The second kappa shape index (κ2) is 9.10. The smallest absolute Gasteiger partial charge is 0.0706 e. The van der Waals surface area contributed by atoms with E-state index in [1.54, 1.807) is 11.9 Å². The molecule has 2 aliphatic rings. The minimum absolute atomic E-state index is 0.932. The molecule has 25 heavy (non-hydrogen) atoms. The van der Waals surface area contributed by atoms with E-state index in [0.717, 1.165) is 23.7 Å². The van der Waals surface area contributed by atoms with Crippen molar-refractivity contribution in [1.82, 2.24) is 4.98 Å². The standard InChI is InChI=1S/C17H19N3S3.C2H6/c1-11-12-4-2-5-13(20-23-15-6-3-8-22-15)17(12)19-16(11)14-10-21-9-7-18-14;1-2/h2,4-6,19-20H,3,7-10H2,1H3;1-2H3. The van der Waals surface area contributed by atoms with Crippen LogP contribution in [0.5, 0.6) is 0 Å². The van der Waals surface area contributed by atoms with Crippen molar-refractivity contribution in [3.05, 3.63) is 39.8 Å². The van der Waals surface area contributed by atoms with Crippen molar-refractivity contribution in [2.75, 3.05) is 28.5 Å². The van der Waals surface area contributed by atoms with Gasteiger partial charge in [-0.15, -0.1) is 11.8 Å². The number of nitrogens with zero attached hydrogens (tertiary/aromatic N) is 1. The Morgan fingerprint density at radius 3 is 2.84 bits per heavy atom. The number of H-pyrrole nitrogens is 1. The van der Waals surface area contributed by atoms with Crippen LogP contribution in [0.15, 0.2) is 33.5 Å². The van der Waals surface area contributed by atoms with E-state index < -0.39 is 0 Å². The molecule has 3 heterocycles. The van der Waals surface area contributed by atoms with Gasteiger partial charge < -0.3 is 9.71 Å². The van der Waals surface area contributed by atoms with Gasteiger partial charge in [0.1, 0.15) is 0 Å². The predicted molar refractivity (Wildman–Crippen MR) is 119 cm³/mol. The molecule has 0 radical (unpaired) electrons. The highest BCUT2D eigenvalue weighted by atomic mass is 32.2. The zero-order chi connectivity index (χ0) is 17.6. The SMILES string of the molecule is CC.Cc1c(C2=NCCSC2)[nH]c2c(NSC3=CCCS3)cccc12. The second-order valence-corrected chi connectivity index (χ2v) is 8.95. The molecular formula is C19H25N3S3. The van der Waals surface area contributed by atoms with Gasteiger partial charge in [-0.2, -0.15) is 11.8 Å². The van der Waals surface area contributed by atoms with E-state index in [1.165, 1.54) is 44.3 Å². The molecule has 1 aromatic carbocycles. The highest BCUT2D eigenvalue weighted by molar-refractivity contribution is 8.23. The fourth-order valence-corrected chi connectivity index (χ4v) is 5.57. The number of anilines is 1. The fourth-order valence-electron chi connectivity index (χ4n) is 2.91. The number of para-hydroxylation sites is 1. The molecule has 0 atom stereocenters. The highest BCUT2D eigenvalue weighted by Crippen LogP contribution is 2.37. The Bertz CT molecular complexity index is 793. The number of benzene rings is 1. The summed E-state index contributed by atoms with van der Waals surface area (Å²) in [5, 5.41) is 1.29. The molecule has 0 amide bonds. The first-order chi connectivity index (χ1) is 12.3. The zero-order valence-corrected chi connectivity index (χ0v) is 17.5. The van der Waals surface area contributed by atoms with Crippen molar-refractivity contribution in [1.29, 1.82) is 0 Å². The van der Waals surface area contributed by atoms with Crippen LogP contribution in [0.4, 0.5) is 5.69 Å². The zero-order valence-electron chi connectivity index (χ0n) is 15.0. The molecular weight excluding hydrogens is 366 g/mol. The lowest BCUT2D eigenvalue weighted by molar-refractivity contribution is 1.12. The lowest BCUT2D eigenvalue weighted by Crippen LogP contribution is -2.13. The Kier molecular flexibility index (Phi) is 6.84. The summed E-state index contributed by atoms with van der Waals surface area (Å²) in [4.78, 5) is 8.35. The number of nitrogens with one attached hydrogen (secondary N) is 2. The minimum Gasteiger partial charge on any atom is -0.352 e. The highest BCUT2D eigenvalue weighted by Gasteiger charge is 2.17. The van der Waals surface area contributed by atoms with Gasteiger partial charge in [0.05, 0.1) is 26.8 Å². The van der Waals surface area contributed by atoms with Gasteiger partial charge in [0.25, 0.3) is 0 Å². The minimum atomic E-state index is 0.932. The van der Waals surface area contributed by atoms with Crippen LogP contribution < -0.4 is 4.72 Å². The van der Waals surface area contributed by atoms with Crippen molar-refractivity contribution in [2.45, 2.75) is 27.2 Å². The third kappa shape index (κ3) is 4.23. The molecule has 0 bridgehead atoms. The summed E-state index contributed by atoms with van der Waals surface area (Å²) >= 11 is 5.62. The van der Waals surface area contributed by atoms with Crippen molar-refractivity contribution in [3.63, 3.8) is 0 Å². The average molecular weight is 392 g/mol. The van der Waals surface area contributed by atoms with E-state index in [-0.39, 0.29) is 0 Å². The van der Waals surface area contributed by atoms with Gasteiger partial charge >= 0.3 is 0 Å². The number of aromatic nitrogens is 1. The maximum Gasteiger partial charge on any atom is 0.0706 e. The summed E-state index contributed by atoms with van der Waals surface area (Å²) in [6.45, 7) is 7.13. The Morgan fingerprint density at radius 1 is 1.24 bits per heavy atom. The van der Waals surface area contributed by atoms with Gasteiger partial charge in [-0.3, -0.25) is 4.99 Å². The van der Waals surface area contributed by atoms with Crippen LogP contribution in [0.2, 0.25) is 0 Å². The quantitative estimate of drug-likeness (QED) is 0.620. The first-order valence-corrected chi connectivity index (χ1v) is 11.8. The van der Waals surface area contributed by atoms with Crippen molar-refractivity contribution in [2.24, 2.45) is 4.99 Å². The number of fused-ring (bicyclic) bond motifs is 1. The van der Waals surface area contributed by atoms with Crippen LogP contribution in [-0.4, -0.2) is 34.5 Å². The Hall–Kier alpha value is -0.980. The van der Waals surface area contributed by atoms with Crippen LogP contribution in [-0.2, 0) is 0 Å². The maximum atomic E-state index is 4.72. The number of aryl methyl sites for hydroxylation is 1. The fraction of sp³-hybridized carbons (Fsp3) is 0.421. The summed E-state index contributed by atoms with van der Waals surface area (Å²) in [5.74, 6) is 3.35. The van der Waals surface area contributed by atoms with Crippen molar-refractivity contribution >= 4 is 57.8 Å². The third-order valence-corrected chi connectivity index (χ3v) is 7.23. The maximum absolute atomic E-state index is 4.72. The Labute approximate surface area is 163 Å². The van der Waals surface area contributed by atoms with E-state index in [9.17, 15) is 0 Å². The second-order valence-electron chi connectivity index (χ2n) is 5.60. The van der Waals surface area contributed by atoms with Gasteiger partial charge in [-0.25, -0.2) is 0 Å². The van der Waals surface area contributed by atoms with Crippen molar-refractivity contribution < 1.29 is 0 Å². The molecule has 6 heteroatoms. The summed E-state index contributed by atoms with van der Waals surface area (Å²) < 4.78 is 4.90. The molecule has 0 spiro atoms. The molecule has 4 rings (SSSR count). The van der Waals surface area contributed by atoms with E-state index in [2.05, 4.69) is 40.9 Å². The Balaban J connectivity index is 0.000000880. The van der Waals surface area contributed by atoms with Crippen LogP contribution in [0, 0.1) is 6.92 Å². The van der Waals surface area contributed by atoms with Gasteiger partial charge in [-0.1, -0.05) is 32.1 Å².